The highest BCUT2D eigenvalue weighted by atomic mass is 32.1. The molecule has 4 heteroatoms. The number of thiophene rings is 1. The van der Waals surface area contributed by atoms with Gasteiger partial charge in [0.2, 0.25) is 0 Å². The molecular formula is C60H38N2OS. The van der Waals surface area contributed by atoms with Crippen LogP contribution in [0.2, 0.25) is 0 Å². The van der Waals surface area contributed by atoms with Gasteiger partial charge in [0.05, 0.1) is 22.4 Å². The van der Waals surface area contributed by atoms with Crippen molar-refractivity contribution in [3.63, 3.8) is 0 Å². The maximum atomic E-state index is 6.57. The molecule has 0 aliphatic carbocycles. The molecule has 0 amide bonds. The lowest BCUT2D eigenvalue weighted by atomic mass is 9.95. The van der Waals surface area contributed by atoms with Crippen LogP contribution in [0.3, 0.4) is 0 Å². The van der Waals surface area contributed by atoms with Crippen molar-refractivity contribution in [1.29, 1.82) is 0 Å². The van der Waals surface area contributed by atoms with Crippen molar-refractivity contribution < 1.29 is 4.42 Å². The van der Waals surface area contributed by atoms with E-state index in [0.717, 1.165) is 72.5 Å². The quantitative estimate of drug-likeness (QED) is 0.159. The van der Waals surface area contributed by atoms with E-state index in [1.54, 1.807) is 0 Å². The maximum Gasteiger partial charge on any atom is 0.143 e. The highest BCUT2D eigenvalue weighted by molar-refractivity contribution is 7.26. The van der Waals surface area contributed by atoms with E-state index >= 15 is 0 Å². The number of nitrogens with zero attached hydrogens (tertiary/aromatic N) is 2. The molecule has 0 atom stereocenters. The minimum Gasteiger partial charge on any atom is -0.455 e. The summed E-state index contributed by atoms with van der Waals surface area (Å²) in [6.45, 7) is 0. The van der Waals surface area contributed by atoms with E-state index in [-0.39, 0.29) is 0 Å². The first-order valence-corrected chi connectivity index (χ1v) is 22.6. The molecule has 3 nitrogen and oxygen atoms in total. The maximum absolute atomic E-state index is 6.57. The van der Waals surface area contributed by atoms with E-state index in [0.29, 0.717) is 0 Å². The summed E-state index contributed by atoms with van der Waals surface area (Å²) in [5.41, 5.74) is 15.4. The van der Waals surface area contributed by atoms with Crippen LogP contribution in [0.15, 0.2) is 235 Å². The molecule has 13 aromatic rings. The highest BCUT2D eigenvalue weighted by Crippen LogP contribution is 2.47. The first-order valence-electron chi connectivity index (χ1n) is 21.8. The Morgan fingerprint density at radius 2 is 1.03 bits per heavy atom. The van der Waals surface area contributed by atoms with Crippen LogP contribution in [0.4, 0.5) is 17.1 Å². The van der Waals surface area contributed by atoms with Crippen LogP contribution < -0.4 is 4.90 Å². The van der Waals surface area contributed by atoms with Gasteiger partial charge in [0.15, 0.2) is 0 Å². The molecule has 3 heterocycles. The van der Waals surface area contributed by atoms with Crippen LogP contribution in [0, 0.1) is 0 Å². The molecule has 0 saturated heterocycles. The second-order valence-corrected chi connectivity index (χ2v) is 17.5. The lowest BCUT2D eigenvalue weighted by Crippen LogP contribution is -2.11. The fourth-order valence-corrected chi connectivity index (χ4v) is 11.2. The molecule has 0 spiro atoms. The van der Waals surface area contributed by atoms with Crippen LogP contribution in [-0.2, 0) is 0 Å². The minimum absolute atomic E-state index is 0.896. The van der Waals surface area contributed by atoms with E-state index in [1.165, 1.54) is 47.6 Å². The predicted octanol–water partition coefficient (Wildman–Crippen LogP) is 17.5. The molecule has 3 aromatic heterocycles. The van der Waals surface area contributed by atoms with Gasteiger partial charge in [-0.3, -0.25) is 0 Å². The average molecular weight is 835 g/mol. The third-order valence-electron chi connectivity index (χ3n) is 12.8. The number of benzene rings is 10. The van der Waals surface area contributed by atoms with Gasteiger partial charge < -0.3 is 13.9 Å². The summed E-state index contributed by atoms with van der Waals surface area (Å²) in [5, 5.41) is 7.28. The molecule has 0 saturated carbocycles. The number of hydrogen-bond acceptors (Lipinski definition) is 3. The summed E-state index contributed by atoms with van der Waals surface area (Å²) >= 11 is 1.88. The summed E-state index contributed by atoms with van der Waals surface area (Å²) in [6, 6.07) is 83.4. The molecule has 0 N–H and O–H groups in total. The fraction of sp³-hybridized carbons (Fsp3) is 0. The van der Waals surface area contributed by atoms with E-state index in [2.05, 4.69) is 234 Å². The summed E-state index contributed by atoms with van der Waals surface area (Å²) in [7, 11) is 0. The fourth-order valence-electron chi connectivity index (χ4n) is 9.94. The van der Waals surface area contributed by atoms with Gasteiger partial charge >= 0.3 is 0 Å². The normalized spacial score (nSPS) is 11.8. The zero-order valence-corrected chi connectivity index (χ0v) is 35.5. The topological polar surface area (TPSA) is 21.3 Å². The Labute approximate surface area is 373 Å². The molecule has 0 aliphatic rings. The van der Waals surface area contributed by atoms with E-state index < -0.39 is 0 Å². The molecule has 0 unspecified atom stereocenters. The summed E-state index contributed by atoms with van der Waals surface area (Å²) < 4.78 is 11.7. The lowest BCUT2D eigenvalue weighted by molar-refractivity contribution is 0.670. The van der Waals surface area contributed by atoms with Crippen molar-refractivity contribution in [2.24, 2.45) is 0 Å². The van der Waals surface area contributed by atoms with Crippen LogP contribution in [0.5, 0.6) is 0 Å². The van der Waals surface area contributed by atoms with Crippen molar-refractivity contribution in [3.8, 4) is 39.1 Å². The Morgan fingerprint density at radius 3 is 1.91 bits per heavy atom. The average Bonchev–Trinajstić information content (AvgIpc) is 4.04. The Hall–Kier alpha value is -8.18. The van der Waals surface area contributed by atoms with Gasteiger partial charge in [-0.15, -0.1) is 11.3 Å². The minimum atomic E-state index is 0.896. The van der Waals surface area contributed by atoms with Crippen molar-refractivity contribution in [3.05, 3.63) is 231 Å². The number of anilines is 3. The number of fused-ring (bicyclic) bond motifs is 9. The van der Waals surface area contributed by atoms with Crippen molar-refractivity contribution in [2.75, 3.05) is 4.90 Å². The van der Waals surface area contributed by atoms with E-state index in [1.807, 2.05) is 17.4 Å². The molecule has 300 valence electrons. The molecule has 0 aliphatic heterocycles. The van der Waals surface area contributed by atoms with Crippen LogP contribution >= 0.6 is 11.3 Å². The van der Waals surface area contributed by atoms with Gasteiger partial charge in [-0.1, -0.05) is 170 Å². The third kappa shape index (κ3) is 5.73. The monoisotopic (exact) mass is 834 g/mol. The zero-order chi connectivity index (χ0) is 42.1. The first kappa shape index (κ1) is 36.5. The van der Waals surface area contributed by atoms with Gasteiger partial charge in [-0.2, -0.15) is 0 Å². The van der Waals surface area contributed by atoms with E-state index in [4.69, 9.17) is 4.42 Å². The Morgan fingerprint density at radius 1 is 0.375 bits per heavy atom. The Bertz CT molecular complexity index is 3910. The van der Waals surface area contributed by atoms with Gasteiger partial charge in [-0.25, -0.2) is 0 Å². The summed E-state index contributed by atoms with van der Waals surface area (Å²) in [4.78, 5) is 2.42. The molecular weight excluding hydrogens is 797 g/mol. The van der Waals surface area contributed by atoms with Crippen molar-refractivity contribution >= 4 is 92.3 Å². The second kappa shape index (κ2) is 14.7. The smallest absolute Gasteiger partial charge is 0.143 e. The van der Waals surface area contributed by atoms with Crippen LogP contribution in [0.1, 0.15) is 0 Å². The zero-order valence-electron chi connectivity index (χ0n) is 34.7. The van der Waals surface area contributed by atoms with Crippen molar-refractivity contribution in [1.82, 2.24) is 4.57 Å². The summed E-state index contributed by atoms with van der Waals surface area (Å²) in [5.74, 6) is 0. The number of aromatic nitrogens is 1. The van der Waals surface area contributed by atoms with Crippen molar-refractivity contribution in [2.45, 2.75) is 0 Å². The molecule has 0 bridgehead atoms. The Balaban J connectivity index is 1.04. The largest absolute Gasteiger partial charge is 0.455 e. The molecule has 10 aromatic carbocycles. The van der Waals surface area contributed by atoms with Gasteiger partial charge in [0, 0.05) is 75.3 Å². The highest BCUT2D eigenvalue weighted by Gasteiger charge is 2.23. The summed E-state index contributed by atoms with van der Waals surface area (Å²) in [6.07, 6.45) is 0. The second-order valence-electron chi connectivity index (χ2n) is 16.4. The number of para-hydroxylation sites is 5. The van der Waals surface area contributed by atoms with Crippen LogP contribution in [-0.4, -0.2) is 4.57 Å². The van der Waals surface area contributed by atoms with Crippen LogP contribution in [0.25, 0.3) is 103 Å². The number of hydrogen-bond donors (Lipinski definition) is 0. The molecule has 64 heavy (non-hydrogen) atoms. The molecule has 0 radical (unpaired) electrons. The standard InChI is InChI=1S/C60H38N2OS/c1-3-17-39(18-4-1)52-37-40(43-25-15-26-49-47-23-9-13-31-57(47)63-59(43)49)33-36-55(52)61(41-19-5-2-6-20-41)42-34-35-46-44-21-7-11-29-53(44)62(56(46)38-42)54-30-12-8-22-45(54)50-27-16-28-51-48-24-10-14-32-58(48)64-60(50)51/h1-38H. The molecule has 0 fully saturated rings. The third-order valence-corrected chi connectivity index (χ3v) is 14.0. The predicted molar refractivity (Wildman–Crippen MR) is 272 cm³/mol. The SMILES string of the molecule is c1ccc(-c2cc(-c3cccc4c3oc3ccccc34)ccc2N(c2ccccc2)c2ccc3c4ccccc4n(-c4ccccc4-c4cccc5c4sc4ccccc45)c3c2)cc1. The lowest BCUT2D eigenvalue weighted by Gasteiger charge is -2.28. The Kier molecular flexibility index (Phi) is 8.40. The number of furan rings is 1. The van der Waals surface area contributed by atoms with E-state index in [9.17, 15) is 0 Å². The van der Waals surface area contributed by atoms with Gasteiger partial charge in [0.25, 0.3) is 0 Å². The van der Waals surface area contributed by atoms with Gasteiger partial charge in [0.1, 0.15) is 11.2 Å². The number of rotatable bonds is 7. The van der Waals surface area contributed by atoms with Gasteiger partial charge in [-0.05, 0) is 71.8 Å². The molecule has 13 rings (SSSR count). The first-order chi connectivity index (χ1) is 31.8.